The maximum Gasteiger partial charge on any atom is 0.323 e. The van der Waals surface area contributed by atoms with Crippen LogP contribution in [-0.2, 0) is 0 Å². The van der Waals surface area contributed by atoms with Crippen molar-refractivity contribution in [3.05, 3.63) is 0 Å². The van der Waals surface area contributed by atoms with Crippen LogP contribution < -0.4 is 15.8 Å². The van der Waals surface area contributed by atoms with Gasteiger partial charge in [-0.3, -0.25) is 0 Å². The summed E-state index contributed by atoms with van der Waals surface area (Å²) >= 11 is 3.98. The number of ether oxygens (including phenoxy) is 1. The molecule has 19 heavy (non-hydrogen) atoms. The standard InChI is InChI=1S/C11H19N5OS2/c1-2-3-17-11-15-9(12)14-10(16-11)13-6-8-7-18-4-5-19-8/h8H,2-7H2,1H3,(H3,12,13,14,15,16). The zero-order valence-electron chi connectivity index (χ0n) is 11.0. The maximum atomic E-state index is 5.65. The molecule has 0 spiro atoms. The van der Waals surface area contributed by atoms with Crippen molar-refractivity contribution in [3.63, 3.8) is 0 Å². The van der Waals surface area contributed by atoms with E-state index in [2.05, 4.69) is 20.3 Å². The van der Waals surface area contributed by atoms with Crippen molar-refractivity contribution in [2.45, 2.75) is 18.6 Å². The molecule has 1 fully saturated rings. The Morgan fingerprint density at radius 2 is 2.26 bits per heavy atom. The summed E-state index contributed by atoms with van der Waals surface area (Å²) in [5.74, 6) is 4.30. The molecular weight excluding hydrogens is 282 g/mol. The van der Waals surface area contributed by atoms with Gasteiger partial charge in [-0.1, -0.05) is 6.92 Å². The number of thioether (sulfide) groups is 2. The average Bonchev–Trinajstić information content (AvgIpc) is 2.43. The highest BCUT2D eigenvalue weighted by atomic mass is 32.2. The molecule has 1 aliphatic rings. The van der Waals surface area contributed by atoms with Gasteiger partial charge in [0.25, 0.3) is 0 Å². The third-order valence-corrected chi connectivity index (χ3v) is 5.29. The average molecular weight is 301 g/mol. The van der Waals surface area contributed by atoms with Gasteiger partial charge in [0.05, 0.1) is 6.61 Å². The predicted molar refractivity (Wildman–Crippen MR) is 82.1 cm³/mol. The lowest BCUT2D eigenvalue weighted by molar-refractivity contribution is 0.292. The van der Waals surface area contributed by atoms with Crippen LogP contribution in [0.3, 0.4) is 0 Å². The molecular formula is C11H19N5OS2. The van der Waals surface area contributed by atoms with Gasteiger partial charge in [0, 0.05) is 29.1 Å². The monoisotopic (exact) mass is 301 g/mol. The number of nitrogens with zero attached hydrogens (tertiary/aromatic N) is 3. The number of nitrogens with one attached hydrogen (secondary N) is 1. The van der Waals surface area contributed by atoms with Crippen molar-refractivity contribution in [2.24, 2.45) is 0 Å². The summed E-state index contributed by atoms with van der Waals surface area (Å²) in [6.07, 6.45) is 0.907. The minimum absolute atomic E-state index is 0.189. The molecule has 0 aliphatic carbocycles. The van der Waals surface area contributed by atoms with E-state index in [0.29, 0.717) is 23.8 Å². The van der Waals surface area contributed by atoms with Crippen molar-refractivity contribution in [2.75, 3.05) is 41.5 Å². The summed E-state index contributed by atoms with van der Waals surface area (Å²) in [5, 5.41) is 3.81. The molecule has 0 radical (unpaired) electrons. The van der Waals surface area contributed by atoms with E-state index in [-0.39, 0.29) is 5.95 Å². The summed E-state index contributed by atoms with van der Waals surface area (Å²) < 4.78 is 5.38. The first-order valence-electron chi connectivity index (χ1n) is 6.35. The van der Waals surface area contributed by atoms with E-state index < -0.39 is 0 Å². The van der Waals surface area contributed by atoms with E-state index in [1.165, 1.54) is 11.5 Å². The molecule has 6 nitrogen and oxygen atoms in total. The Morgan fingerprint density at radius 1 is 1.37 bits per heavy atom. The van der Waals surface area contributed by atoms with Crippen LogP contribution in [0.15, 0.2) is 0 Å². The normalized spacial score (nSPS) is 19.1. The van der Waals surface area contributed by atoms with E-state index in [0.717, 1.165) is 18.7 Å². The zero-order valence-corrected chi connectivity index (χ0v) is 12.6. The maximum absolute atomic E-state index is 5.65. The molecule has 1 saturated heterocycles. The number of hydrogen-bond acceptors (Lipinski definition) is 8. The van der Waals surface area contributed by atoms with Crippen LogP contribution in [0.2, 0.25) is 0 Å². The highest BCUT2D eigenvalue weighted by Crippen LogP contribution is 2.24. The second-order valence-corrected chi connectivity index (χ2v) is 6.65. The van der Waals surface area contributed by atoms with Gasteiger partial charge >= 0.3 is 6.01 Å². The molecule has 0 saturated carbocycles. The number of nitrogens with two attached hydrogens (primary N) is 1. The van der Waals surface area contributed by atoms with Crippen molar-refractivity contribution in [3.8, 4) is 6.01 Å². The molecule has 106 valence electrons. The van der Waals surface area contributed by atoms with Gasteiger partial charge in [0.2, 0.25) is 11.9 Å². The van der Waals surface area contributed by atoms with E-state index in [1.54, 1.807) is 0 Å². The van der Waals surface area contributed by atoms with Gasteiger partial charge in [-0.25, -0.2) is 0 Å². The molecule has 1 atom stereocenters. The van der Waals surface area contributed by atoms with Crippen molar-refractivity contribution in [1.29, 1.82) is 0 Å². The van der Waals surface area contributed by atoms with Gasteiger partial charge in [-0.15, -0.1) is 0 Å². The number of hydrogen-bond donors (Lipinski definition) is 2. The fraction of sp³-hybridized carbons (Fsp3) is 0.727. The molecule has 1 aliphatic heterocycles. The summed E-state index contributed by atoms with van der Waals surface area (Å²) in [7, 11) is 0. The van der Waals surface area contributed by atoms with Crippen LogP contribution in [0.4, 0.5) is 11.9 Å². The van der Waals surface area contributed by atoms with Gasteiger partial charge < -0.3 is 15.8 Å². The fourth-order valence-electron chi connectivity index (χ4n) is 1.57. The van der Waals surface area contributed by atoms with E-state index in [9.17, 15) is 0 Å². The first-order valence-corrected chi connectivity index (χ1v) is 8.56. The minimum atomic E-state index is 0.189. The van der Waals surface area contributed by atoms with Crippen LogP contribution in [0.1, 0.15) is 13.3 Å². The smallest absolute Gasteiger partial charge is 0.323 e. The molecule has 0 amide bonds. The molecule has 1 unspecified atom stereocenters. The lowest BCUT2D eigenvalue weighted by Gasteiger charge is -2.21. The lowest BCUT2D eigenvalue weighted by Crippen LogP contribution is -2.24. The molecule has 2 rings (SSSR count). The number of rotatable bonds is 6. The van der Waals surface area contributed by atoms with Crippen molar-refractivity contribution in [1.82, 2.24) is 15.0 Å². The Balaban J connectivity index is 1.89. The largest absolute Gasteiger partial charge is 0.463 e. The van der Waals surface area contributed by atoms with Gasteiger partial charge in [0.1, 0.15) is 0 Å². The van der Waals surface area contributed by atoms with E-state index in [4.69, 9.17) is 10.5 Å². The summed E-state index contributed by atoms with van der Waals surface area (Å²) in [4.78, 5) is 12.2. The number of aromatic nitrogens is 3. The SMILES string of the molecule is CCCOc1nc(N)nc(NCC2CSCCS2)n1. The fourth-order valence-corrected chi connectivity index (χ4v) is 4.18. The Morgan fingerprint density at radius 3 is 3.00 bits per heavy atom. The van der Waals surface area contributed by atoms with Crippen LogP contribution in [-0.4, -0.2) is 50.6 Å². The molecule has 2 heterocycles. The third kappa shape index (κ3) is 4.94. The van der Waals surface area contributed by atoms with Crippen molar-refractivity contribution >= 4 is 35.4 Å². The van der Waals surface area contributed by atoms with E-state index in [1.807, 2.05) is 30.4 Å². The third-order valence-electron chi connectivity index (χ3n) is 2.44. The Kier molecular flexibility index (Phi) is 5.84. The van der Waals surface area contributed by atoms with Crippen LogP contribution >= 0.6 is 23.5 Å². The topological polar surface area (TPSA) is 86.0 Å². The van der Waals surface area contributed by atoms with Crippen molar-refractivity contribution < 1.29 is 4.74 Å². The first-order chi connectivity index (χ1) is 9.28. The highest BCUT2D eigenvalue weighted by molar-refractivity contribution is 8.06. The Hall–Kier alpha value is -0.890. The zero-order chi connectivity index (χ0) is 13.5. The van der Waals surface area contributed by atoms with Crippen LogP contribution in [0.5, 0.6) is 6.01 Å². The number of anilines is 2. The number of nitrogen functional groups attached to an aromatic ring is 1. The second kappa shape index (κ2) is 7.64. The quantitative estimate of drug-likeness (QED) is 0.817. The van der Waals surface area contributed by atoms with Crippen LogP contribution in [0.25, 0.3) is 0 Å². The van der Waals surface area contributed by atoms with Gasteiger partial charge in [-0.05, 0) is 6.42 Å². The molecule has 8 heteroatoms. The van der Waals surface area contributed by atoms with Gasteiger partial charge in [-0.2, -0.15) is 38.5 Å². The first kappa shape index (κ1) is 14.5. The molecule has 0 aromatic carbocycles. The Labute approximate surface area is 121 Å². The second-order valence-electron chi connectivity index (χ2n) is 4.10. The van der Waals surface area contributed by atoms with Gasteiger partial charge in [0.15, 0.2) is 0 Å². The minimum Gasteiger partial charge on any atom is -0.463 e. The highest BCUT2D eigenvalue weighted by Gasteiger charge is 2.15. The van der Waals surface area contributed by atoms with E-state index >= 15 is 0 Å². The molecule has 1 aromatic rings. The Bertz CT molecular complexity index is 401. The molecule has 0 bridgehead atoms. The predicted octanol–water partition coefficient (Wildman–Crippen LogP) is 1.50. The lowest BCUT2D eigenvalue weighted by atomic mass is 10.5. The summed E-state index contributed by atoms with van der Waals surface area (Å²) in [5.41, 5.74) is 5.65. The summed E-state index contributed by atoms with van der Waals surface area (Å²) in [6.45, 7) is 3.45. The molecule has 1 aromatic heterocycles. The summed E-state index contributed by atoms with van der Waals surface area (Å²) in [6, 6.07) is 0.294. The van der Waals surface area contributed by atoms with Crippen LogP contribution in [0, 0.1) is 0 Å². The molecule has 3 N–H and O–H groups in total.